The van der Waals surface area contributed by atoms with Crippen molar-refractivity contribution in [3.8, 4) is 0 Å². The summed E-state index contributed by atoms with van der Waals surface area (Å²) < 4.78 is 38.3. The van der Waals surface area contributed by atoms with Crippen LogP contribution in [0.2, 0.25) is 0 Å². The molecule has 6 heteroatoms. The average Bonchev–Trinajstić information content (AvgIpc) is 2.43. The standard InChI is InChI=1S/C8H10BrF3N2/c1-2-3-4-14-7(9)5-6(13-14)8(10,11)12/h5H,2-4H2,1H3. The van der Waals surface area contributed by atoms with Crippen molar-refractivity contribution in [2.24, 2.45) is 0 Å². The molecule has 1 aromatic heterocycles. The van der Waals surface area contributed by atoms with Crippen molar-refractivity contribution in [1.82, 2.24) is 9.78 Å². The van der Waals surface area contributed by atoms with Crippen LogP contribution in [0.15, 0.2) is 10.7 Å². The Morgan fingerprint density at radius 1 is 1.50 bits per heavy atom. The Labute approximate surface area is 88.2 Å². The molecule has 0 radical (unpaired) electrons. The maximum Gasteiger partial charge on any atom is 0.435 e. The van der Waals surface area contributed by atoms with Crippen LogP contribution in [-0.2, 0) is 12.7 Å². The summed E-state index contributed by atoms with van der Waals surface area (Å²) in [4.78, 5) is 0. The van der Waals surface area contributed by atoms with Crippen molar-refractivity contribution in [2.45, 2.75) is 32.5 Å². The number of unbranched alkanes of at least 4 members (excludes halogenated alkanes) is 1. The lowest BCUT2D eigenvalue weighted by atomic mass is 10.3. The Morgan fingerprint density at radius 2 is 2.14 bits per heavy atom. The van der Waals surface area contributed by atoms with Crippen LogP contribution in [0.5, 0.6) is 0 Å². The lowest BCUT2D eigenvalue weighted by Gasteiger charge is -2.02. The van der Waals surface area contributed by atoms with Gasteiger partial charge in [-0.2, -0.15) is 18.3 Å². The van der Waals surface area contributed by atoms with Gasteiger partial charge in [0.2, 0.25) is 0 Å². The molecule has 0 amide bonds. The molecular weight excluding hydrogens is 261 g/mol. The molecule has 1 aromatic rings. The lowest BCUT2D eigenvalue weighted by molar-refractivity contribution is -0.141. The zero-order chi connectivity index (χ0) is 10.8. The summed E-state index contributed by atoms with van der Waals surface area (Å²) >= 11 is 3.04. The number of alkyl halides is 3. The monoisotopic (exact) mass is 270 g/mol. The fraction of sp³-hybridized carbons (Fsp3) is 0.625. The maximum absolute atomic E-state index is 12.2. The third-order valence-corrected chi connectivity index (χ3v) is 2.38. The Morgan fingerprint density at radius 3 is 2.57 bits per heavy atom. The first kappa shape index (κ1) is 11.6. The molecule has 0 aliphatic heterocycles. The van der Waals surface area contributed by atoms with Crippen molar-refractivity contribution in [1.29, 1.82) is 0 Å². The third kappa shape index (κ3) is 2.73. The van der Waals surface area contributed by atoms with Gasteiger partial charge < -0.3 is 0 Å². The van der Waals surface area contributed by atoms with E-state index in [1.165, 1.54) is 4.68 Å². The molecule has 0 aromatic carbocycles. The predicted molar refractivity (Wildman–Crippen MR) is 49.8 cm³/mol. The summed E-state index contributed by atoms with van der Waals surface area (Å²) in [5.74, 6) is 0. The van der Waals surface area contributed by atoms with E-state index in [1.807, 2.05) is 6.92 Å². The number of nitrogens with zero attached hydrogens (tertiary/aromatic N) is 2. The van der Waals surface area contributed by atoms with E-state index in [0.717, 1.165) is 18.9 Å². The minimum Gasteiger partial charge on any atom is -0.258 e. The average molecular weight is 271 g/mol. The van der Waals surface area contributed by atoms with Gasteiger partial charge in [0.05, 0.1) is 0 Å². The van der Waals surface area contributed by atoms with Gasteiger partial charge >= 0.3 is 6.18 Å². The van der Waals surface area contributed by atoms with E-state index in [1.54, 1.807) is 0 Å². The molecule has 2 nitrogen and oxygen atoms in total. The Balaban J connectivity index is 2.82. The van der Waals surface area contributed by atoms with E-state index >= 15 is 0 Å². The second-order valence-corrected chi connectivity index (χ2v) is 3.74. The normalized spacial score (nSPS) is 12.1. The molecule has 0 bridgehead atoms. The van der Waals surface area contributed by atoms with E-state index in [2.05, 4.69) is 21.0 Å². The summed E-state index contributed by atoms with van der Waals surface area (Å²) in [5.41, 5.74) is -0.847. The second kappa shape index (κ2) is 4.33. The first-order valence-corrected chi connectivity index (χ1v) is 5.05. The van der Waals surface area contributed by atoms with Gasteiger partial charge in [-0.05, 0) is 22.4 Å². The quantitative estimate of drug-likeness (QED) is 0.823. The first-order valence-electron chi connectivity index (χ1n) is 4.25. The number of aryl methyl sites for hydroxylation is 1. The van der Waals surface area contributed by atoms with E-state index < -0.39 is 11.9 Å². The Bertz CT molecular complexity index is 306. The van der Waals surface area contributed by atoms with Crippen molar-refractivity contribution in [3.63, 3.8) is 0 Å². The summed E-state index contributed by atoms with van der Waals surface area (Å²) in [6, 6.07) is 0.996. The van der Waals surface area contributed by atoms with Crippen LogP contribution < -0.4 is 0 Å². The highest BCUT2D eigenvalue weighted by molar-refractivity contribution is 9.10. The van der Waals surface area contributed by atoms with Gasteiger partial charge in [-0.3, -0.25) is 4.68 Å². The van der Waals surface area contributed by atoms with Gasteiger partial charge in [0.1, 0.15) is 4.60 Å². The van der Waals surface area contributed by atoms with Crippen molar-refractivity contribution < 1.29 is 13.2 Å². The zero-order valence-corrected chi connectivity index (χ0v) is 9.19. The molecular formula is C8H10BrF3N2. The van der Waals surface area contributed by atoms with Crippen LogP contribution in [0.3, 0.4) is 0 Å². The lowest BCUT2D eigenvalue weighted by Crippen LogP contribution is -2.08. The topological polar surface area (TPSA) is 17.8 Å². The summed E-state index contributed by atoms with van der Waals surface area (Å²) in [5, 5.41) is 3.46. The van der Waals surface area contributed by atoms with Crippen LogP contribution in [0.4, 0.5) is 13.2 Å². The van der Waals surface area contributed by atoms with Crippen LogP contribution in [-0.4, -0.2) is 9.78 Å². The fourth-order valence-electron chi connectivity index (χ4n) is 0.997. The Hall–Kier alpha value is -0.520. The molecule has 0 aliphatic rings. The summed E-state index contributed by atoms with van der Waals surface area (Å²) in [6.07, 6.45) is -2.62. The van der Waals surface area contributed by atoms with Gasteiger partial charge in [0.25, 0.3) is 0 Å². The third-order valence-electron chi connectivity index (χ3n) is 1.74. The fourth-order valence-corrected chi connectivity index (χ4v) is 1.47. The SMILES string of the molecule is CCCCn1nc(C(F)(F)F)cc1Br. The maximum atomic E-state index is 12.2. The summed E-state index contributed by atoms with van der Waals surface area (Å²) in [7, 11) is 0. The molecule has 0 fully saturated rings. The molecule has 14 heavy (non-hydrogen) atoms. The summed E-state index contributed by atoms with van der Waals surface area (Å²) in [6.45, 7) is 2.48. The van der Waals surface area contributed by atoms with Crippen LogP contribution in [0.1, 0.15) is 25.5 Å². The second-order valence-electron chi connectivity index (χ2n) is 2.93. The molecule has 0 spiro atoms. The number of rotatable bonds is 3. The molecule has 1 heterocycles. The van der Waals surface area contributed by atoms with Gasteiger partial charge in [-0.15, -0.1) is 0 Å². The van der Waals surface area contributed by atoms with Gasteiger partial charge in [-0.1, -0.05) is 13.3 Å². The first-order chi connectivity index (χ1) is 6.45. The number of halogens is 4. The highest BCUT2D eigenvalue weighted by Crippen LogP contribution is 2.29. The predicted octanol–water partition coefficient (Wildman–Crippen LogP) is 3.46. The minimum atomic E-state index is -4.36. The molecule has 0 atom stereocenters. The van der Waals surface area contributed by atoms with E-state index in [-0.39, 0.29) is 0 Å². The van der Waals surface area contributed by atoms with Crippen LogP contribution in [0, 0.1) is 0 Å². The molecule has 0 saturated carbocycles. The smallest absolute Gasteiger partial charge is 0.258 e. The highest BCUT2D eigenvalue weighted by atomic mass is 79.9. The van der Waals surface area contributed by atoms with Crippen LogP contribution in [0.25, 0.3) is 0 Å². The molecule has 0 N–H and O–H groups in total. The molecule has 0 saturated heterocycles. The number of aromatic nitrogens is 2. The van der Waals surface area contributed by atoms with Gasteiger partial charge in [0.15, 0.2) is 5.69 Å². The molecule has 80 valence electrons. The number of hydrogen-bond donors (Lipinski definition) is 0. The van der Waals surface area contributed by atoms with E-state index in [0.29, 0.717) is 11.1 Å². The van der Waals surface area contributed by atoms with E-state index in [9.17, 15) is 13.2 Å². The van der Waals surface area contributed by atoms with Gasteiger partial charge in [-0.25, -0.2) is 0 Å². The highest BCUT2D eigenvalue weighted by Gasteiger charge is 2.34. The zero-order valence-electron chi connectivity index (χ0n) is 7.60. The van der Waals surface area contributed by atoms with Crippen molar-refractivity contribution >= 4 is 15.9 Å². The van der Waals surface area contributed by atoms with E-state index in [4.69, 9.17) is 0 Å². The Kier molecular flexibility index (Phi) is 3.58. The molecule has 0 aliphatic carbocycles. The molecule has 0 unspecified atom stereocenters. The number of hydrogen-bond acceptors (Lipinski definition) is 1. The van der Waals surface area contributed by atoms with Crippen LogP contribution >= 0.6 is 15.9 Å². The molecule has 1 rings (SSSR count). The van der Waals surface area contributed by atoms with Gasteiger partial charge in [0, 0.05) is 12.6 Å². The largest absolute Gasteiger partial charge is 0.435 e. The minimum absolute atomic E-state index is 0.373. The van der Waals surface area contributed by atoms with Crippen molar-refractivity contribution in [2.75, 3.05) is 0 Å². The van der Waals surface area contributed by atoms with Crippen molar-refractivity contribution in [3.05, 3.63) is 16.4 Å².